The van der Waals surface area contributed by atoms with Gasteiger partial charge in [-0.2, -0.15) is 4.98 Å². The first-order valence-corrected chi connectivity index (χ1v) is 11.2. The van der Waals surface area contributed by atoms with Crippen LogP contribution in [0.3, 0.4) is 0 Å². The molecule has 2 aromatic heterocycles. The van der Waals surface area contributed by atoms with Gasteiger partial charge in [0.15, 0.2) is 0 Å². The van der Waals surface area contributed by atoms with Crippen LogP contribution >= 0.6 is 0 Å². The molecule has 0 saturated heterocycles. The van der Waals surface area contributed by atoms with E-state index in [0.717, 1.165) is 5.56 Å². The molecule has 1 aromatic carbocycles. The summed E-state index contributed by atoms with van der Waals surface area (Å²) in [7, 11) is -3.72. The molecular formula is C21H25N5O4S. The second-order valence-corrected chi connectivity index (χ2v) is 9.64. The second kappa shape index (κ2) is 9.36. The number of hydrogen-bond acceptors (Lipinski definition) is 7. The number of hydrogen-bond donors (Lipinski definition) is 2. The molecule has 164 valence electrons. The maximum Gasteiger partial charge on any atom is 0.241 e. The zero-order valence-electron chi connectivity index (χ0n) is 17.6. The number of pyridine rings is 1. The van der Waals surface area contributed by atoms with Crippen LogP contribution < -0.4 is 10.0 Å². The number of aryl methyl sites for hydroxylation is 1. The minimum absolute atomic E-state index is 0.0881. The fourth-order valence-corrected chi connectivity index (χ4v) is 4.50. The van der Waals surface area contributed by atoms with E-state index in [1.807, 2.05) is 6.07 Å². The number of nitrogens with one attached hydrogen (secondary N) is 2. The lowest BCUT2D eigenvalue weighted by Crippen LogP contribution is -2.41. The molecule has 0 aliphatic carbocycles. The molecule has 3 aromatic rings. The van der Waals surface area contributed by atoms with E-state index in [1.165, 1.54) is 6.07 Å². The van der Waals surface area contributed by atoms with Crippen molar-refractivity contribution in [2.45, 2.75) is 50.6 Å². The average Bonchev–Trinajstić information content (AvgIpc) is 3.19. The van der Waals surface area contributed by atoms with Gasteiger partial charge in [0.1, 0.15) is 0 Å². The van der Waals surface area contributed by atoms with Crippen molar-refractivity contribution in [3.63, 3.8) is 0 Å². The molecule has 31 heavy (non-hydrogen) atoms. The highest BCUT2D eigenvalue weighted by atomic mass is 32.2. The van der Waals surface area contributed by atoms with Gasteiger partial charge in [0.2, 0.25) is 27.6 Å². The first kappa shape index (κ1) is 22.6. The van der Waals surface area contributed by atoms with E-state index < -0.39 is 15.6 Å². The first-order valence-electron chi connectivity index (χ1n) is 9.76. The normalized spacial score (nSPS) is 12.0. The summed E-state index contributed by atoms with van der Waals surface area (Å²) in [5.74, 6) is 0.498. The van der Waals surface area contributed by atoms with E-state index in [4.69, 9.17) is 4.52 Å². The molecule has 1 amide bonds. The molecule has 0 bridgehead atoms. The smallest absolute Gasteiger partial charge is 0.241 e. The van der Waals surface area contributed by atoms with E-state index in [0.29, 0.717) is 17.3 Å². The molecule has 0 aliphatic rings. The molecule has 2 heterocycles. The standard InChI is InChI=1S/C21H25N5O4S/c1-21(2,3)26-31(28,29)17-9-5-4-7-15(17)14-23-18(27)10-11-19-24-20(25-30-19)16-8-6-12-22-13-16/h4-9,12-13,26H,10-11,14H2,1-3H3,(H,23,27). The molecule has 0 saturated carbocycles. The summed E-state index contributed by atoms with van der Waals surface area (Å²) in [5, 5.41) is 6.65. The third-order valence-corrected chi connectivity index (χ3v) is 5.99. The highest BCUT2D eigenvalue weighted by molar-refractivity contribution is 7.89. The third-order valence-electron chi connectivity index (χ3n) is 4.13. The van der Waals surface area contributed by atoms with Crippen LogP contribution in [0.15, 0.2) is 58.2 Å². The highest BCUT2D eigenvalue weighted by Crippen LogP contribution is 2.18. The lowest BCUT2D eigenvalue weighted by Gasteiger charge is -2.21. The van der Waals surface area contributed by atoms with Gasteiger partial charge in [-0.1, -0.05) is 23.4 Å². The number of sulfonamides is 1. The molecule has 3 rings (SSSR count). The molecule has 0 spiro atoms. The Balaban J connectivity index is 1.58. The fourth-order valence-electron chi connectivity index (χ4n) is 2.84. The Hall–Kier alpha value is -3.11. The monoisotopic (exact) mass is 443 g/mol. The zero-order valence-corrected chi connectivity index (χ0v) is 18.4. The second-order valence-electron chi connectivity index (χ2n) is 7.99. The Morgan fingerprint density at radius 3 is 2.61 bits per heavy atom. The Morgan fingerprint density at radius 2 is 1.90 bits per heavy atom. The minimum Gasteiger partial charge on any atom is -0.352 e. The Labute approximate surface area is 181 Å². The lowest BCUT2D eigenvalue weighted by atomic mass is 10.1. The van der Waals surface area contributed by atoms with Crippen LogP contribution in [-0.4, -0.2) is 35.0 Å². The Morgan fingerprint density at radius 1 is 1.13 bits per heavy atom. The number of carbonyl (C=O) groups excluding carboxylic acids is 1. The van der Waals surface area contributed by atoms with Gasteiger partial charge in [0.25, 0.3) is 0 Å². The topological polar surface area (TPSA) is 127 Å². The first-order chi connectivity index (χ1) is 14.6. The molecule has 0 aliphatic heterocycles. The van der Waals surface area contributed by atoms with Crippen LogP contribution in [0.25, 0.3) is 11.4 Å². The summed E-state index contributed by atoms with van der Waals surface area (Å²) >= 11 is 0. The van der Waals surface area contributed by atoms with Gasteiger partial charge in [0.05, 0.1) is 4.90 Å². The van der Waals surface area contributed by atoms with E-state index in [-0.39, 0.29) is 30.2 Å². The van der Waals surface area contributed by atoms with Crippen molar-refractivity contribution in [3.8, 4) is 11.4 Å². The predicted molar refractivity (Wildman–Crippen MR) is 114 cm³/mol. The third kappa shape index (κ3) is 6.43. The molecule has 2 N–H and O–H groups in total. The van der Waals surface area contributed by atoms with Gasteiger partial charge < -0.3 is 9.84 Å². The summed E-state index contributed by atoms with van der Waals surface area (Å²) in [6, 6.07) is 10.2. The molecule has 0 radical (unpaired) electrons. The van der Waals surface area contributed by atoms with Gasteiger partial charge >= 0.3 is 0 Å². The molecular weight excluding hydrogens is 418 g/mol. The lowest BCUT2D eigenvalue weighted by molar-refractivity contribution is -0.121. The molecule has 10 heteroatoms. The summed E-state index contributed by atoms with van der Waals surface area (Å²) in [5.41, 5.74) is 0.612. The van der Waals surface area contributed by atoms with Crippen LogP contribution in [0.2, 0.25) is 0 Å². The number of benzene rings is 1. The van der Waals surface area contributed by atoms with Crippen molar-refractivity contribution in [1.29, 1.82) is 0 Å². The van der Waals surface area contributed by atoms with Gasteiger partial charge in [-0.3, -0.25) is 9.78 Å². The fraction of sp³-hybridized carbons (Fsp3) is 0.333. The zero-order chi connectivity index (χ0) is 22.5. The van der Waals surface area contributed by atoms with Crippen molar-refractivity contribution in [1.82, 2.24) is 25.2 Å². The van der Waals surface area contributed by atoms with Gasteiger partial charge in [0, 0.05) is 42.9 Å². The number of aromatic nitrogens is 3. The maximum absolute atomic E-state index is 12.7. The highest BCUT2D eigenvalue weighted by Gasteiger charge is 2.24. The van der Waals surface area contributed by atoms with E-state index in [2.05, 4.69) is 25.2 Å². The van der Waals surface area contributed by atoms with Crippen LogP contribution in [0.5, 0.6) is 0 Å². The largest absolute Gasteiger partial charge is 0.352 e. The maximum atomic E-state index is 12.7. The minimum atomic E-state index is -3.72. The quantitative estimate of drug-likeness (QED) is 0.547. The number of nitrogens with zero attached hydrogens (tertiary/aromatic N) is 3. The van der Waals surface area contributed by atoms with Gasteiger partial charge in [-0.15, -0.1) is 0 Å². The van der Waals surface area contributed by atoms with Crippen molar-refractivity contribution < 1.29 is 17.7 Å². The molecule has 0 atom stereocenters. The van der Waals surface area contributed by atoms with E-state index in [1.54, 1.807) is 57.4 Å². The van der Waals surface area contributed by atoms with E-state index >= 15 is 0 Å². The van der Waals surface area contributed by atoms with E-state index in [9.17, 15) is 13.2 Å². The summed E-state index contributed by atoms with van der Waals surface area (Å²) in [6.07, 6.45) is 3.67. The van der Waals surface area contributed by atoms with Crippen molar-refractivity contribution in [2.75, 3.05) is 0 Å². The van der Waals surface area contributed by atoms with Crippen LogP contribution in [0.1, 0.15) is 38.6 Å². The summed E-state index contributed by atoms with van der Waals surface area (Å²) in [4.78, 5) is 20.7. The molecule has 9 nitrogen and oxygen atoms in total. The van der Waals surface area contributed by atoms with Crippen molar-refractivity contribution in [3.05, 3.63) is 60.2 Å². The van der Waals surface area contributed by atoms with Gasteiger partial charge in [-0.25, -0.2) is 13.1 Å². The van der Waals surface area contributed by atoms with Crippen LogP contribution in [0, 0.1) is 0 Å². The van der Waals surface area contributed by atoms with Crippen LogP contribution in [0.4, 0.5) is 0 Å². The molecule has 0 fully saturated rings. The number of amides is 1. The summed E-state index contributed by atoms with van der Waals surface area (Å²) < 4.78 is 33.2. The average molecular weight is 444 g/mol. The summed E-state index contributed by atoms with van der Waals surface area (Å²) in [6.45, 7) is 5.40. The van der Waals surface area contributed by atoms with Gasteiger partial charge in [-0.05, 0) is 44.5 Å². The predicted octanol–water partition coefficient (Wildman–Crippen LogP) is 2.46. The number of carbonyl (C=O) groups is 1. The molecule has 0 unspecified atom stereocenters. The Bertz CT molecular complexity index is 1140. The van der Waals surface area contributed by atoms with Crippen molar-refractivity contribution >= 4 is 15.9 Å². The van der Waals surface area contributed by atoms with Crippen LogP contribution in [-0.2, 0) is 27.8 Å². The number of rotatable bonds is 8. The Kier molecular flexibility index (Phi) is 6.81. The van der Waals surface area contributed by atoms with Crippen molar-refractivity contribution in [2.24, 2.45) is 0 Å². The SMILES string of the molecule is CC(C)(C)NS(=O)(=O)c1ccccc1CNC(=O)CCc1nc(-c2cccnc2)no1.